The van der Waals surface area contributed by atoms with Crippen LogP contribution in [0.25, 0.3) is 0 Å². The van der Waals surface area contributed by atoms with Crippen LogP contribution >= 0.6 is 0 Å². The maximum absolute atomic E-state index is 11.7. The van der Waals surface area contributed by atoms with Crippen molar-refractivity contribution in [3.63, 3.8) is 0 Å². The van der Waals surface area contributed by atoms with Crippen molar-refractivity contribution in [1.29, 1.82) is 0 Å². The smallest absolute Gasteiger partial charge is 0.414 e. The molecule has 0 aliphatic rings. The predicted molar refractivity (Wildman–Crippen MR) is 65.8 cm³/mol. The maximum Gasteiger partial charge on any atom is 0.414 e. The Morgan fingerprint density at radius 2 is 2.28 bits per heavy atom. The van der Waals surface area contributed by atoms with Crippen LogP contribution in [0.3, 0.4) is 0 Å². The summed E-state index contributed by atoms with van der Waals surface area (Å²) in [6.45, 7) is 5.64. The molecule has 0 spiro atoms. The number of ether oxygens (including phenoxy) is 1. The van der Waals surface area contributed by atoms with Gasteiger partial charge in [0, 0.05) is 12.7 Å². The second-order valence-corrected chi connectivity index (χ2v) is 3.35. The number of carboxylic acid groups (broad SMARTS) is 1. The molecule has 0 atom stereocenters. The highest BCUT2D eigenvalue weighted by Gasteiger charge is 2.16. The van der Waals surface area contributed by atoms with E-state index in [1.807, 2.05) is 0 Å². The zero-order chi connectivity index (χ0) is 13.5. The summed E-state index contributed by atoms with van der Waals surface area (Å²) in [4.78, 5) is 27.6. The van der Waals surface area contributed by atoms with E-state index in [1.54, 1.807) is 6.92 Å². The van der Waals surface area contributed by atoms with Gasteiger partial charge in [-0.15, -0.1) is 0 Å². The molecule has 96 valence electrons. The van der Waals surface area contributed by atoms with Gasteiger partial charge < -0.3 is 9.84 Å². The number of aromatic carboxylic acids is 1. The van der Waals surface area contributed by atoms with Gasteiger partial charge in [-0.25, -0.2) is 9.59 Å². The number of hydrogen-bond acceptors (Lipinski definition) is 4. The molecule has 0 bridgehead atoms. The van der Waals surface area contributed by atoms with E-state index in [0.717, 1.165) is 0 Å². The summed E-state index contributed by atoms with van der Waals surface area (Å²) < 4.78 is 4.89. The van der Waals surface area contributed by atoms with Crippen LogP contribution in [-0.4, -0.2) is 35.3 Å². The van der Waals surface area contributed by atoms with Crippen molar-refractivity contribution in [3.05, 3.63) is 36.7 Å². The minimum Gasteiger partial charge on any atom is -0.478 e. The van der Waals surface area contributed by atoms with Crippen molar-refractivity contribution in [2.24, 2.45) is 0 Å². The van der Waals surface area contributed by atoms with Crippen LogP contribution in [0.15, 0.2) is 31.1 Å². The van der Waals surface area contributed by atoms with Gasteiger partial charge in [-0.2, -0.15) is 0 Å². The Hall–Kier alpha value is -2.37. The van der Waals surface area contributed by atoms with Gasteiger partial charge in [0.15, 0.2) is 0 Å². The number of anilines is 1. The lowest BCUT2D eigenvalue weighted by atomic mass is 10.2. The molecule has 6 heteroatoms. The monoisotopic (exact) mass is 250 g/mol. The minimum atomic E-state index is -1.10. The first kappa shape index (κ1) is 13.7. The van der Waals surface area contributed by atoms with E-state index < -0.39 is 12.1 Å². The normalized spacial score (nSPS) is 9.61. The summed E-state index contributed by atoms with van der Waals surface area (Å²) in [6, 6.07) is 1.37. The van der Waals surface area contributed by atoms with Crippen LogP contribution in [0.5, 0.6) is 0 Å². The summed E-state index contributed by atoms with van der Waals surface area (Å²) in [5.41, 5.74) is 0.397. The molecule has 0 aliphatic heterocycles. The summed E-state index contributed by atoms with van der Waals surface area (Å²) in [5, 5.41) is 8.86. The fraction of sp³-hybridized carbons (Fsp3) is 0.250. The van der Waals surface area contributed by atoms with E-state index in [9.17, 15) is 9.59 Å². The fourth-order valence-corrected chi connectivity index (χ4v) is 1.32. The van der Waals surface area contributed by atoms with Gasteiger partial charge in [0.1, 0.15) is 6.61 Å². The van der Waals surface area contributed by atoms with E-state index in [4.69, 9.17) is 9.84 Å². The highest BCUT2D eigenvalue weighted by Crippen LogP contribution is 2.15. The Balaban J connectivity index is 2.94. The Kier molecular flexibility index (Phi) is 4.86. The summed E-state index contributed by atoms with van der Waals surface area (Å²) in [7, 11) is 0. The first-order chi connectivity index (χ1) is 8.60. The van der Waals surface area contributed by atoms with Crippen molar-refractivity contribution >= 4 is 17.7 Å². The van der Waals surface area contributed by atoms with Crippen LogP contribution in [0.2, 0.25) is 0 Å². The standard InChI is InChI=1S/C12H14N2O4/c1-3-5-18-12(17)14(4-2)10-6-9(11(15)16)7-13-8-10/h3,6-8H,1,4-5H2,2H3,(H,15,16). The Morgan fingerprint density at radius 1 is 1.56 bits per heavy atom. The van der Waals surface area contributed by atoms with Gasteiger partial charge in [0.2, 0.25) is 0 Å². The Morgan fingerprint density at radius 3 is 2.83 bits per heavy atom. The first-order valence-electron chi connectivity index (χ1n) is 5.33. The maximum atomic E-state index is 11.7. The van der Waals surface area contributed by atoms with Crippen LogP contribution in [0, 0.1) is 0 Å². The number of nitrogens with zero attached hydrogens (tertiary/aromatic N) is 2. The summed E-state index contributed by atoms with van der Waals surface area (Å²) in [5.74, 6) is -1.10. The van der Waals surface area contributed by atoms with Gasteiger partial charge in [0.25, 0.3) is 0 Å². The third-order valence-corrected chi connectivity index (χ3v) is 2.14. The quantitative estimate of drug-likeness (QED) is 0.807. The molecule has 1 rings (SSSR count). The molecule has 0 saturated heterocycles. The number of amides is 1. The number of carboxylic acids is 1. The van der Waals surface area contributed by atoms with Crippen LogP contribution in [0.1, 0.15) is 17.3 Å². The molecule has 18 heavy (non-hydrogen) atoms. The zero-order valence-electron chi connectivity index (χ0n) is 10.00. The number of carbonyl (C=O) groups excluding carboxylic acids is 1. The van der Waals surface area contributed by atoms with Crippen LogP contribution < -0.4 is 4.90 Å². The third kappa shape index (κ3) is 3.31. The molecule has 0 aliphatic carbocycles. The van der Waals surface area contributed by atoms with E-state index in [-0.39, 0.29) is 12.2 Å². The number of pyridine rings is 1. The van der Waals surface area contributed by atoms with E-state index in [2.05, 4.69) is 11.6 Å². The molecule has 6 nitrogen and oxygen atoms in total. The molecule has 0 fully saturated rings. The first-order valence-corrected chi connectivity index (χ1v) is 5.33. The van der Waals surface area contributed by atoms with Crippen molar-refractivity contribution < 1.29 is 19.4 Å². The third-order valence-electron chi connectivity index (χ3n) is 2.14. The van der Waals surface area contributed by atoms with Crippen LogP contribution in [-0.2, 0) is 4.74 Å². The second kappa shape index (κ2) is 6.39. The van der Waals surface area contributed by atoms with Gasteiger partial charge in [-0.05, 0) is 13.0 Å². The number of hydrogen-bond donors (Lipinski definition) is 1. The second-order valence-electron chi connectivity index (χ2n) is 3.35. The highest BCUT2D eigenvalue weighted by molar-refractivity contribution is 5.92. The molecule has 1 aromatic heterocycles. The summed E-state index contributed by atoms with van der Waals surface area (Å²) >= 11 is 0. The van der Waals surface area contributed by atoms with Gasteiger partial charge in [-0.3, -0.25) is 9.88 Å². The molecule has 0 saturated carbocycles. The van der Waals surface area contributed by atoms with Crippen molar-refractivity contribution in [2.75, 3.05) is 18.1 Å². The number of carbonyl (C=O) groups is 2. The van der Waals surface area contributed by atoms with Crippen molar-refractivity contribution in [2.45, 2.75) is 6.92 Å². The van der Waals surface area contributed by atoms with Crippen molar-refractivity contribution in [1.82, 2.24) is 4.98 Å². The average molecular weight is 250 g/mol. The SMILES string of the molecule is C=CCOC(=O)N(CC)c1cncc(C(=O)O)c1. The fourth-order valence-electron chi connectivity index (χ4n) is 1.32. The predicted octanol–water partition coefficient (Wildman–Crippen LogP) is 1.93. The average Bonchev–Trinajstić information content (AvgIpc) is 2.37. The lowest BCUT2D eigenvalue weighted by Gasteiger charge is -2.19. The van der Waals surface area contributed by atoms with E-state index in [0.29, 0.717) is 12.2 Å². The van der Waals surface area contributed by atoms with E-state index >= 15 is 0 Å². The molecular weight excluding hydrogens is 236 g/mol. The van der Waals surface area contributed by atoms with E-state index in [1.165, 1.54) is 29.4 Å². The molecule has 0 radical (unpaired) electrons. The Bertz CT molecular complexity index is 459. The molecule has 1 amide bonds. The summed E-state index contributed by atoms with van der Waals surface area (Å²) in [6.07, 6.45) is 3.51. The number of aromatic nitrogens is 1. The van der Waals surface area contributed by atoms with Gasteiger partial charge in [0.05, 0.1) is 17.4 Å². The lowest BCUT2D eigenvalue weighted by Crippen LogP contribution is -2.31. The molecule has 1 N–H and O–H groups in total. The zero-order valence-corrected chi connectivity index (χ0v) is 10.00. The molecule has 1 aromatic rings. The van der Waals surface area contributed by atoms with Gasteiger partial charge in [-0.1, -0.05) is 12.7 Å². The molecule has 0 aromatic carbocycles. The molecular formula is C12H14N2O4. The van der Waals surface area contributed by atoms with Crippen molar-refractivity contribution in [3.8, 4) is 0 Å². The molecule has 0 unspecified atom stereocenters. The number of rotatable bonds is 5. The highest BCUT2D eigenvalue weighted by atomic mass is 16.6. The topological polar surface area (TPSA) is 79.7 Å². The van der Waals surface area contributed by atoms with Gasteiger partial charge >= 0.3 is 12.1 Å². The largest absolute Gasteiger partial charge is 0.478 e. The van der Waals surface area contributed by atoms with Crippen LogP contribution in [0.4, 0.5) is 10.5 Å². The lowest BCUT2D eigenvalue weighted by molar-refractivity contribution is 0.0696. The molecule has 1 heterocycles. The minimum absolute atomic E-state index is 0.0162. The Labute approximate surface area is 105 Å².